The minimum atomic E-state index is -0.165. The molecule has 0 bridgehead atoms. The van der Waals surface area contributed by atoms with Gasteiger partial charge in [0, 0.05) is 33.5 Å². The highest BCUT2D eigenvalue weighted by molar-refractivity contribution is 9.11. The predicted octanol–water partition coefficient (Wildman–Crippen LogP) is 7.28. The van der Waals surface area contributed by atoms with Crippen LogP contribution < -0.4 is 10.6 Å². The van der Waals surface area contributed by atoms with Crippen LogP contribution in [0, 0.1) is 0 Å². The Labute approximate surface area is 205 Å². The molecule has 5 rings (SSSR count). The van der Waals surface area contributed by atoms with Crippen LogP contribution in [0.3, 0.4) is 0 Å². The van der Waals surface area contributed by atoms with Crippen LogP contribution in [-0.2, 0) is 4.79 Å². The van der Waals surface area contributed by atoms with E-state index in [1.54, 1.807) is 12.1 Å². The molecule has 1 aliphatic heterocycles. The zero-order valence-corrected chi connectivity index (χ0v) is 20.4. The smallest absolute Gasteiger partial charge is 0.256 e. The quantitative estimate of drug-likeness (QED) is 0.226. The van der Waals surface area contributed by atoms with E-state index in [4.69, 9.17) is 4.98 Å². The van der Waals surface area contributed by atoms with E-state index >= 15 is 0 Å². The maximum absolute atomic E-state index is 12.7. The summed E-state index contributed by atoms with van der Waals surface area (Å²) in [6.07, 6.45) is 1.81. The van der Waals surface area contributed by atoms with Crippen molar-refractivity contribution in [2.75, 3.05) is 10.6 Å². The summed E-state index contributed by atoms with van der Waals surface area (Å²) in [5.41, 5.74) is 5.67. The van der Waals surface area contributed by atoms with Crippen LogP contribution in [0.5, 0.6) is 5.75 Å². The summed E-state index contributed by atoms with van der Waals surface area (Å²) in [6.45, 7) is 0. The van der Waals surface area contributed by atoms with Crippen molar-refractivity contribution in [3.63, 3.8) is 0 Å². The van der Waals surface area contributed by atoms with Crippen LogP contribution in [-0.4, -0.2) is 16.0 Å². The molecule has 0 aliphatic carbocycles. The molecule has 0 atom stereocenters. The van der Waals surface area contributed by atoms with E-state index in [-0.39, 0.29) is 11.7 Å². The van der Waals surface area contributed by atoms with Gasteiger partial charge in [0.15, 0.2) is 5.13 Å². The lowest BCUT2D eigenvalue weighted by molar-refractivity contribution is -0.110. The standard InChI is InChI=1S/C24H15Br2N3O2S/c25-18-9-13(10-19(26)22(18)30)8-17-16-11-14(6-7-20(16)28-23(17)31)21-12-32-24(29-21)27-15-4-2-1-3-5-15/h1-12,30H,(H,27,29)(H,28,31)/b17-8-. The molecule has 0 saturated carbocycles. The van der Waals surface area contributed by atoms with E-state index in [2.05, 4.69) is 42.5 Å². The van der Waals surface area contributed by atoms with Crippen molar-refractivity contribution < 1.29 is 9.90 Å². The number of phenolic OH excluding ortho intramolecular Hbond substituents is 1. The molecule has 5 nitrogen and oxygen atoms in total. The van der Waals surface area contributed by atoms with Gasteiger partial charge in [0.1, 0.15) is 5.75 Å². The Morgan fingerprint density at radius 3 is 2.53 bits per heavy atom. The van der Waals surface area contributed by atoms with Crippen LogP contribution >= 0.6 is 43.2 Å². The molecule has 0 radical (unpaired) electrons. The third-order valence-corrected chi connectivity index (χ3v) is 6.94. The average molecular weight is 569 g/mol. The van der Waals surface area contributed by atoms with Gasteiger partial charge >= 0.3 is 0 Å². The molecule has 0 unspecified atom stereocenters. The number of carbonyl (C=O) groups is 1. The number of carbonyl (C=O) groups excluding carboxylic acids is 1. The minimum absolute atomic E-state index is 0.120. The maximum Gasteiger partial charge on any atom is 0.256 e. The lowest BCUT2D eigenvalue weighted by atomic mass is 10.0. The van der Waals surface area contributed by atoms with Gasteiger partial charge in [-0.2, -0.15) is 0 Å². The molecule has 1 amide bonds. The zero-order valence-electron chi connectivity index (χ0n) is 16.4. The first-order valence-corrected chi connectivity index (χ1v) is 12.1. The van der Waals surface area contributed by atoms with Crippen LogP contribution in [0.25, 0.3) is 22.9 Å². The van der Waals surface area contributed by atoms with Gasteiger partial charge in [0.2, 0.25) is 0 Å². The van der Waals surface area contributed by atoms with Gasteiger partial charge in [-0.05, 0) is 79.9 Å². The molecule has 1 aliphatic rings. The average Bonchev–Trinajstić information content (AvgIpc) is 3.37. The molecular weight excluding hydrogens is 554 g/mol. The normalized spacial score (nSPS) is 13.8. The van der Waals surface area contributed by atoms with E-state index in [0.717, 1.165) is 38.9 Å². The number of aromatic nitrogens is 1. The van der Waals surface area contributed by atoms with Gasteiger partial charge in [-0.25, -0.2) is 4.98 Å². The molecule has 0 fully saturated rings. The van der Waals surface area contributed by atoms with Crippen molar-refractivity contribution in [3.05, 3.63) is 86.1 Å². The molecular formula is C24H15Br2N3O2S. The summed E-state index contributed by atoms with van der Waals surface area (Å²) >= 11 is 8.20. The largest absolute Gasteiger partial charge is 0.506 e. The minimum Gasteiger partial charge on any atom is -0.506 e. The predicted molar refractivity (Wildman–Crippen MR) is 137 cm³/mol. The Kier molecular flexibility index (Phi) is 5.58. The maximum atomic E-state index is 12.7. The molecule has 0 saturated heterocycles. The molecule has 3 N–H and O–H groups in total. The van der Waals surface area contributed by atoms with Gasteiger partial charge in [0.05, 0.1) is 14.6 Å². The third kappa shape index (κ3) is 4.09. The van der Waals surface area contributed by atoms with Crippen LogP contribution in [0.4, 0.5) is 16.5 Å². The number of hydrogen-bond acceptors (Lipinski definition) is 5. The highest BCUT2D eigenvalue weighted by atomic mass is 79.9. The molecule has 2 heterocycles. The first kappa shape index (κ1) is 20.9. The third-order valence-electron chi connectivity index (χ3n) is 4.98. The summed E-state index contributed by atoms with van der Waals surface area (Å²) in [6, 6.07) is 19.3. The summed E-state index contributed by atoms with van der Waals surface area (Å²) in [5.74, 6) is -0.0451. The Morgan fingerprint density at radius 1 is 1.03 bits per heavy atom. The second kappa shape index (κ2) is 8.54. The van der Waals surface area contributed by atoms with E-state index in [9.17, 15) is 9.90 Å². The number of phenols is 1. The summed E-state index contributed by atoms with van der Waals surface area (Å²) in [7, 11) is 0. The number of para-hydroxylation sites is 1. The summed E-state index contributed by atoms with van der Waals surface area (Å²) < 4.78 is 1.10. The van der Waals surface area contributed by atoms with Crippen molar-refractivity contribution in [3.8, 4) is 17.0 Å². The Balaban J connectivity index is 1.48. The summed E-state index contributed by atoms with van der Waals surface area (Å²) in [4.78, 5) is 17.4. The number of hydrogen-bond donors (Lipinski definition) is 3. The number of halogens is 2. The van der Waals surface area contributed by atoms with Gasteiger partial charge in [-0.15, -0.1) is 11.3 Å². The fourth-order valence-corrected chi connectivity index (χ4v) is 5.40. The first-order chi connectivity index (χ1) is 15.5. The number of anilines is 3. The SMILES string of the molecule is O=C1Nc2ccc(-c3csc(Nc4ccccc4)n3)cc2/C1=C/c1cc(Br)c(O)c(Br)c1. The van der Waals surface area contributed by atoms with Gasteiger partial charge < -0.3 is 15.7 Å². The Bertz CT molecular complexity index is 1360. The lowest BCUT2D eigenvalue weighted by Gasteiger charge is -2.05. The van der Waals surface area contributed by atoms with E-state index < -0.39 is 0 Å². The van der Waals surface area contributed by atoms with Crippen molar-refractivity contribution in [1.29, 1.82) is 0 Å². The van der Waals surface area contributed by atoms with E-state index in [1.165, 1.54) is 11.3 Å². The van der Waals surface area contributed by atoms with E-state index in [0.29, 0.717) is 14.5 Å². The van der Waals surface area contributed by atoms with Crippen LogP contribution in [0.1, 0.15) is 11.1 Å². The van der Waals surface area contributed by atoms with E-state index in [1.807, 2.05) is 60.0 Å². The number of amides is 1. The monoisotopic (exact) mass is 567 g/mol. The molecule has 4 aromatic rings. The molecule has 32 heavy (non-hydrogen) atoms. The number of fused-ring (bicyclic) bond motifs is 1. The zero-order chi connectivity index (χ0) is 22.2. The molecule has 158 valence electrons. The lowest BCUT2D eigenvalue weighted by Crippen LogP contribution is -2.03. The molecule has 1 aromatic heterocycles. The highest BCUT2D eigenvalue weighted by Gasteiger charge is 2.25. The van der Waals surface area contributed by atoms with Gasteiger partial charge in [-0.3, -0.25) is 4.79 Å². The van der Waals surface area contributed by atoms with Gasteiger partial charge in [0.25, 0.3) is 5.91 Å². The fourth-order valence-electron chi connectivity index (χ4n) is 3.43. The number of rotatable bonds is 4. The number of aromatic hydroxyl groups is 1. The van der Waals surface area contributed by atoms with Crippen molar-refractivity contribution >= 4 is 77.3 Å². The van der Waals surface area contributed by atoms with Gasteiger partial charge in [-0.1, -0.05) is 24.3 Å². The van der Waals surface area contributed by atoms with Crippen LogP contribution in [0.2, 0.25) is 0 Å². The summed E-state index contributed by atoms with van der Waals surface area (Å²) in [5, 5.41) is 19.0. The van der Waals surface area contributed by atoms with Crippen molar-refractivity contribution in [1.82, 2.24) is 4.98 Å². The fraction of sp³-hybridized carbons (Fsp3) is 0. The second-order valence-electron chi connectivity index (χ2n) is 7.13. The first-order valence-electron chi connectivity index (χ1n) is 9.61. The highest BCUT2D eigenvalue weighted by Crippen LogP contribution is 2.39. The van der Waals surface area contributed by atoms with Crippen LogP contribution in [0.15, 0.2) is 75.0 Å². The number of thiazole rings is 1. The number of nitrogens with one attached hydrogen (secondary N) is 2. The molecule has 8 heteroatoms. The number of benzene rings is 3. The Morgan fingerprint density at radius 2 is 1.78 bits per heavy atom. The number of nitrogens with zero attached hydrogens (tertiary/aromatic N) is 1. The molecule has 0 spiro atoms. The van der Waals surface area contributed by atoms with Crippen molar-refractivity contribution in [2.24, 2.45) is 0 Å². The molecule has 3 aromatic carbocycles. The van der Waals surface area contributed by atoms with Crippen molar-refractivity contribution in [2.45, 2.75) is 0 Å². The second-order valence-corrected chi connectivity index (χ2v) is 9.70. The topological polar surface area (TPSA) is 74.2 Å². The Hall–Kier alpha value is -2.94.